The lowest BCUT2D eigenvalue weighted by molar-refractivity contribution is -0.115. The number of hydrogen-bond donors (Lipinski definition) is 2. The summed E-state index contributed by atoms with van der Waals surface area (Å²) in [5.74, 6) is 0.660. The van der Waals surface area contributed by atoms with Crippen LogP contribution in [-0.4, -0.2) is 21.7 Å². The van der Waals surface area contributed by atoms with Crippen LogP contribution in [0.2, 0.25) is 0 Å². The zero-order valence-electron chi connectivity index (χ0n) is 15.9. The third kappa shape index (κ3) is 3.60. The van der Waals surface area contributed by atoms with E-state index in [1.54, 1.807) is 6.20 Å². The lowest BCUT2D eigenvalue weighted by Crippen LogP contribution is -2.11. The Morgan fingerprint density at radius 2 is 2.00 bits per heavy atom. The summed E-state index contributed by atoms with van der Waals surface area (Å²) in [5, 5.41) is 2.81. The van der Waals surface area contributed by atoms with Crippen LogP contribution in [0, 0.1) is 0 Å². The van der Waals surface area contributed by atoms with E-state index >= 15 is 0 Å². The average Bonchev–Trinajstić information content (AvgIpc) is 3.08. The van der Waals surface area contributed by atoms with E-state index in [9.17, 15) is 9.59 Å². The van der Waals surface area contributed by atoms with Gasteiger partial charge in [0.15, 0.2) is 5.78 Å². The minimum absolute atomic E-state index is 0.0740. The van der Waals surface area contributed by atoms with Gasteiger partial charge >= 0.3 is 0 Å². The van der Waals surface area contributed by atoms with Gasteiger partial charge in [-0.1, -0.05) is 37.3 Å². The summed E-state index contributed by atoms with van der Waals surface area (Å²) < 4.78 is 0. The number of H-pyrrole nitrogens is 1. The summed E-state index contributed by atoms with van der Waals surface area (Å²) in [6.45, 7) is 1.81. The zero-order chi connectivity index (χ0) is 19.5. The Labute approximate surface area is 164 Å². The van der Waals surface area contributed by atoms with Gasteiger partial charge in [-0.2, -0.15) is 0 Å². The fourth-order valence-corrected chi connectivity index (χ4v) is 3.78. The fourth-order valence-electron chi connectivity index (χ4n) is 3.78. The summed E-state index contributed by atoms with van der Waals surface area (Å²) in [4.78, 5) is 32.2. The van der Waals surface area contributed by atoms with Crippen LogP contribution in [0.25, 0.3) is 11.3 Å². The number of ketones is 1. The van der Waals surface area contributed by atoms with E-state index in [-0.39, 0.29) is 11.7 Å². The summed E-state index contributed by atoms with van der Waals surface area (Å²) in [7, 11) is 0. The van der Waals surface area contributed by atoms with Crippen LogP contribution in [0.1, 0.15) is 53.4 Å². The number of aromatic amines is 1. The third-order valence-electron chi connectivity index (χ3n) is 5.15. The molecule has 5 nitrogen and oxygen atoms in total. The zero-order valence-corrected chi connectivity index (χ0v) is 15.9. The third-order valence-corrected chi connectivity index (χ3v) is 5.15. The smallest absolute Gasteiger partial charge is 0.225 e. The van der Waals surface area contributed by atoms with Crippen molar-refractivity contribution in [1.29, 1.82) is 0 Å². The molecular formula is C23H23N3O2. The van der Waals surface area contributed by atoms with E-state index in [2.05, 4.69) is 27.4 Å². The van der Waals surface area contributed by atoms with Gasteiger partial charge in [0.05, 0.1) is 5.69 Å². The topological polar surface area (TPSA) is 74.8 Å². The largest absolute Gasteiger partial charge is 0.358 e. The molecule has 0 radical (unpaired) electrons. The van der Waals surface area contributed by atoms with Crippen LogP contribution in [0.5, 0.6) is 0 Å². The molecule has 0 saturated heterocycles. The lowest BCUT2D eigenvalue weighted by atomic mass is 9.90. The van der Waals surface area contributed by atoms with Gasteiger partial charge in [0.25, 0.3) is 0 Å². The molecule has 0 aliphatic heterocycles. The first-order valence-corrected chi connectivity index (χ1v) is 9.72. The quantitative estimate of drug-likeness (QED) is 0.690. The monoisotopic (exact) mass is 373 g/mol. The van der Waals surface area contributed by atoms with Crippen molar-refractivity contribution in [3.05, 3.63) is 71.0 Å². The molecule has 1 aromatic carbocycles. The standard InChI is InChI=1S/C23H23N3O2/c1-2-21(28)26-20-14-16(11-12-24-20)23-17(13-15-7-4-3-5-8-15)22-18(25-23)9-6-10-19(22)27/h3-5,7-8,11-12,14,25H,2,6,9-10,13H2,1H3,(H,24,26,28). The van der Waals surface area contributed by atoms with Crippen LogP contribution in [0.4, 0.5) is 5.82 Å². The maximum absolute atomic E-state index is 12.7. The molecule has 1 aliphatic rings. The molecule has 1 amide bonds. The maximum atomic E-state index is 12.7. The van der Waals surface area contributed by atoms with Crippen LogP contribution in [0.3, 0.4) is 0 Å². The van der Waals surface area contributed by atoms with E-state index in [1.807, 2.05) is 37.3 Å². The first-order chi connectivity index (χ1) is 13.7. The molecule has 3 aromatic rings. The van der Waals surface area contributed by atoms with E-state index < -0.39 is 0 Å². The van der Waals surface area contributed by atoms with E-state index in [0.717, 1.165) is 46.5 Å². The Hall–Kier alpha value is -3.21. The van der Waals surface area contributed by atoms with Gasteiger partial charge < -0.3 is 10.3 Å². The second-order valence-electron chi connectivity index (χ2n) is 7.10. The number of hydrogen-bond acceptors (Lipinski definition) is 3. The summed E-state index contributed by atoms with van der Waals surface area (Å²) in [5.41, 5.74) is 5.93. The minimum Gasteiger partial charge on any atom is -0.358 e. The summed E-state index contributed by atoms with van der Waals surface area (Å²) in [6, 6.07) is 14.0. The first-order valence-electron chi connectivity index (χ1n) is 9.72. The maximum Gasteiger partial charge on any atom is 0.225 e. The molecule has 0 unspecified atom stereocenters. The number of nitrogens with one attached hydrogen (secondary N) is 2. The van der Waals surface area contributed by atoms with Gasteiger partial charge in [0, 0.05) is 42.3 Å². The predicted octanol–water partition coefficient (Wildman–Crippen LogP) is 4.54. The minimum atomic E-state index is -0.0740. The van der Waals surface area contributed by atoms with Crippen LogP contribution >= 0.6 is 0 Å². The van der Waals surface area contributed by atoms with Gasteiger partial charge in [-0.15, -0.1) is 0 Å². The Balaban J connectivity index is 1.79. The fraction of sp³-hybridized carbons (Fsp3) is 0.261. The molecule has 2 N–H and O–H groups in total. The number of fused-ring (bicyclic) bond motifs is 1. The molecule has 28 heavy (non-hydrogen) atoms. The SMILES string of the molecule is CCC(=O)Nc1cc(-c2[nH]c3c(c2Cc2ccccc2)C(=O)CCC3)ccn1. The predicted molar refractivity (Wildman–Crippen MR) is 109 cm³/mol. The Morgan fingerprint density at radius 3 is 2.79 bits per heavy atom. The number of benzene rings is 1. The van der Waals surface area contributed by atoms with E-state index in [1.165, 1.54) is 0 Å². The highest BCUT2D eigenvalue weighted by atomic mass is 16.1. The van der Waals surface area contributed by atoms with Crippen molar-refractivity contribution in [2.75, 3.05) is 5.32 Å². The molecule has 0 atom stereocenters. The Morgan fingerprint density at radius 1 is 1.18 bits per heavy atom. The van der Waals surface area contributed by atoms with Crippen molar-refractivity contribution in [2.24, 2.45) is 0 Å². The number of anilines is 1. The van der Waals surface area contributed by atoms with Crippen molar-refractivity contribution in [3.8, 4) is 11.3 Å². The van der Waals surface area contributed by atoms with E-state index in [4.69, 9.17) is 0 Å². The summed E-state index contributed by atoms with van der Waals surface area (Å²) in [6.07, 6.45) is 5.13. The number of aryl methyl sites for hydroxylation is 1. The molecule has 0 spiro atoms. The molecule has 142 valence electrons. The molecule has 0 fully saturated rings. The van der Waals surface area contributed by atoms with Gasteiger partial charge in [0.2, 0.25) is 5.91 Å². The van der Waals surface area contributed by atoms with Crippen molar-refractivity contribution >= 4 is 17.5 Å². The molecule has 0 saturated carbocycles. The van der Waals surface area contributed by atoms with Gasteiger partial charge in [-0.05, 0) is 36.1 Å². The van der Waals surface area contributed by atoms with Gasteiger partial charge in [-0.3, -0.25) is 9.59 Å². The Bertz CT molecular complexity index is 1020. The van der Waals surface area contributed by atoms with Crippen molar-refractivity contribution in [2.45, 2.75) is 39.0 Å². The molecule has 0 bridgehead atoms. The van der Waals surface area contributed by atoms with Gasteiger partial charge in [-0.25, -0.2) is 4.98 Å². The molecule has 4 rings (SSSR count). The number of pyridine rings is 1. The average molecular weight is 373 g/mol. The number of rotatable bonds is 5. The van der Waals surface area contributed by atoms with Crippen LogP contribution in [-0.2, 0) is 17.6 Å². The first kappa shape index (κ1) is 18.2. The molecule has 5 heteroatoms. The number of carbonyl (C=O) groups excluding carboxylic acids is 2. The molecule has 1 aliphatic carbocycles. The highest BCUT2D eigenvalue weighted by molar-refractivity contribution is 6.01. The highest BCUT2D eigenvalue weighted by Crippen LogP contribution is 2.35. The van der Waals surface area contributed by atoms with Crippen molar-refractivity contribution < 1.29 is 9.59 Å². The Kier molecular flexibility index (Phi) is 5.06. The number of nitrogens with zero attached hydrogens (tertiary/aromatic N) is 1. The highest BCUT2D eigenvalue weighted by Gasteiger charge is 2.26. The number of aromatic nitrogens is 2. The van der Waals surface area contributed by atoms with Crippen LogP contribution in [0.15, 0.2) is 48.7 Å². The van der Waals surface area contributed by atoms with Crippen LogP contribution < -0.4 is 5.32 Å². The normalized spacial score (nSPS) is 13.2. The number of Topliss-reactive ketones (excluding diaryl/α,β-unsaturated/α-hetero) is 1. The van der Waals surface area contributed by atoms with Crippen molar-refractivity contribution in [3.63, 3.8) is 0 Å². The number of carbonyl (C=O) groups is 2. The molecule has 2 heterocycles. The second kappa shape index (κ2) is 7.80. The van der Waals surface area contributed by atoms with E-state index in [0.29, 0.717) is 25.1 Å². The molecular weight excluding hydrogens is 350 g/mol. The second-order valence-corrected chi connectivity index (χ2v) is 7.10. The summed E-state index contributed by atoms with van der Waals surface area (Å²) >= 11 is 0. The van der Waals surface area contributed by atoms with Gasteiger partial charge in [0.1, 0.15) is 5.82 Å². The van der Waals surface area contributed by atoms with Crippen molar-refractivity contribution in [1.82, 2.24) is 9.97 Å². The number of amides is 1. The molecule has 2 aromatic heterocycles. The lowest BCUT2D eigenvalue weighted by Gasteiger charge is -2.12.